The average molecular weight is 2200 g/mol. The standard InChI is InChI=1S/C23H15N2.2C18H14N.C11H6F2N.2C11H8N.C7H7NO.4Ir/c1-3-13-22-19(10-1)20-11-2-4-14-23(20)25(22)18-9-7-8-17(16-18)21-12-5-6-15-24-21;1-14-12-18(16-10-6-3-7-11-16)19-13-17(14)15-8-4-2-5-9-15;1-14-7-5-6-10-17(14)16-11-12-19-18(13-16)15-8-3-2-4-9-15;12-8-4-5-9(10(13)7-8)11-3-1-2-6-14-11;2*1-2-6-10(7-3-1)11-8-4-5-9-12-11;1-6(9)7-4-2-3-5-8-7;;;;/h1-7,9-16H;2-10,12-13H,1H3;2-8,10-13H,1H3;1-4,6-7H;2*1-6,8-9H;2-5,9H,1H2;;;;/q6*-1;;;;;. The van der Waals surface area contributed by atoms with Crippen LogP contribution in [0.1, 0.15) is 16.8 Å². The van der Waals surface area contributed by atoms with Crippen molar-refractivity contribution in [2.24, 2.45) is 0 Å². The molecule has 8 heterocycles. The molecule has 10 aromatic carbocycles. The first-order valence-corrected chi connectivity index (χ1v) is 35.4. The molecule has 0 aliphatic rings. The van der Waals surface area contributed by atoms with Crippen LogP contribution >= 0.6 is 0 Å². The zero-order valence-electron chi connectivity index (χ0n) is 61.7. The molecule has 0 bridgehead atoms. The predicted octanol–water partition coefficient (Wildman–Crippen LogP) is 24.2. The SMILES string of the molecule is C=C(O)c1ccccn1.Cc1cc(-c2[c-]cccc2)ncc1-c1ccccc1.Cc1ccccc1-c1ccnc(-c2[c-]cccc2)c1.Fc1c[c-]c(-c2ccccn2)c(F)c1.[Ir].[Ir].[Ir].[Ir].[c-]1ccc(-n2c3ccccc3c3ccccc32)cc1-c1ccccn1.[c-]1ccccc1-c1ccccn1.[c-]1ccccc1-c1ccccn1. The van der Waals surface area contributed by atoms with Crippen molar-refractivity contribution in [1.82, 2.24) is 39.5 Å². The molecular weight excluding hydrogens is 2120 g/mol. The third-order valence-electron chi connectivity index (χ3n) is 17.0. The molecule has 0 amide bonds. The molecular formula is C99H72F2Ir4N8O-6. The van der Waals surface area contributed by atoms with E-state index in [-0.39, 0.29) is 91.7 Å². The van der Waals surface area contributed by atoms with Gasteiger partial charge in [0.1, 0.15) is 11.5 Å². The number of aliphatic hydroxyl groups is 1. The van der Waals surface area contributed by atoms with Crippen LogP contribution in [-0.2, 0) is 80.4 Å². The number of fused-ring (bicyclic) bond motifs is 3. The quantitative estimate of drug-likeness (QED) is 0.106. The second-order valence-corrected chi connectivity index (χ2v) is 24.5. The van der Waals surface area contributed by atoms with Crippen molar-refractivity contribution in [3.05, 3.63) is 455 Å². The molecule has 8 aromatic heterocycles. The van der Waals surface area contributed by atoms with Crippen molar-refractivity contribution in [3.8, 4) is 95.5 Å². The maximum atomic E-state index is 13.2. The molecule has 18 rings (SSSR count). The molecule has 0 aliphatic carbocycles. The summed E-state index contributed by atoms with van der Waals surface area (Å²) in [5.74, 6) is -1.28. The topological polar surface area (TPSA) is 115 Å². The number of benzene rings is 10. The number of pyridine rings is 7. The Labute approximate surface area is 718 Å². The molecule has 9 nitrogen and oxygen atoms in total. The Bertz CT molecular complexity index is 5660. The second kappa shape index (κ2) is 46.1. The van der Waals surface area contributed by atoms with E-state index in [1.54, 1.807) is 61.2 Å². The van der Waals surface area contributed by atoms with Gasteiger partial charge in [-0.25, -0.2) is 0 Å². The number of aliphatic hydroxyl groups excluding tert-OH is 1. The third kappa shape index (κ3) is 24.8. The maximum Gasteiger partial charge on any atom is 0.134 e. The number of hydrogen-bond acceptors (Lipinski definition) is 8. The van der Waals surface area contributed by atoms with Crippen molar-refractivity contribution in [1.29, 1.82) is 0 Å². The van der Waals surface area contributed by atoms with Gasteiger partial charge in [0.15, 0.2) is 0 Å². The summed E-state index contributed by atoms with van der Waals surface area (Å²) < 4.78 is 28.1. The normalized spacial score (nSPS) is 9.89. The number of para-hydroxylation sites is 2. The summed E-state index contributed by atoms with van der Waals surface area (Å²) in [5, 5.41) is 11.3. The van der Waals surface area contributed by atoms with Gasteiger partial charge in [0.05, 0.1) is 11.0 Å². The van der Waals surface area contributed by atoms with Crippen LogP contribution in [0, 0.1) is 61.9 Å². The monoisotopic (exact) mass is 2200 g/mol. The Kier molecular flexibility index (Phi) is 35.5. The van der Waals surface area contributed by atoms with Crippen LogP contribution in [-0.4, -0.2) is 44.6 Å². The van der Waals surface area contributed by atoms with Gasteiger partial charge >= 0.3 is 0 Å². The van der Waals surface area contributed by atoms with E-state index >= 15 is 0 Å². The van der Waals surface area contributed by atoms with E-state index in [1.807, 2.05) is 195 Å². The van der Waals surface area contributed by atoms with Crippen LogP contribution in [0.2, 0.25) is 0 Å². The van der Waals surface area contributed by atoms with Crippen molar-refractivity contribution in [3.63, 3.8) is 0 Å². The van der Waals surface area contributed by atoms with Crippen molar-refractivity contribution >= 4 is 27.6 Å². The fourth-order valence-corrected chi connectivity index (χ4v) is 11.7. The number of nitrogens with zero attached hydrogens (tertiary/aromatic N) is 8. The van der Waals surface area contributed by atoms with E-state index in [4.69, 9.17) is 5.11 Å². The first kappa shape index (κ1) is 87.6. The molecule has 0 aliphatic heterocycles. The van der Waals surface area contributed by atoms with Gasteiger partial charge in [-0.05, 0) is 136 Å². The Morgan fingerprint density at radius 2 is 0.763 bits per heavy atom. The molecule has 570 valence electrons. The first-order valence-electron chi connectivity index (χ1n) is 35.4. The van der Waals surface area contributed by atoms with Crippen molar-refractivity contribution in [2.45, 2.75) is 13.8 Å². The fraction of sp³-hybridized carbons (Fsp3) is 0.0202. The van der Waals surface area contributed by atoms with Crippen LogP contribution in [0.3, 0.4) is 0 Å². The van der Waals surface area contributed by atoms with Gasteiger partial charge in [0.25, 0.3) is 0 Å². The Morgan fingerprint density at radius 3 is 1.22 bits per heavy atom. The summed E-state index contributed by atoms with van der Waals surface area (Å²) in [6.07, 6.45) is 12.4. The van der Waals surface area contributed by atoms with E-state index in [1.165, 1.54) is 55.2 Å². The number of aryl methyl sites for hydroxylation is 2. The maximum absolute atomic E-state index is 13.2. The first-order chi connectivity index (χ1) is 54.1. The zero-order valence-corrected chi connectivity index (χ0v) is 71.3. The molecule has 4 radical (unpaired) electrons. The number of aromatic nitrogens is 8. The second-order valence-electron chi connectivity index (χ2n) is 24.5. The Balaban J connectivity index is 0.000000169. The van der Waals surface area contributed by atoms with E-state index < -0.39 is 11.6 Å². The van der Waals surface area contributed by atoms with Crippen molar-refractivity contribution in [2.75, 3.05) is 0 Å². The number of halogens is 2. The molecule has 0 fully saturated rings. The molecule has 0 atom stereocenters. The molecule has 15 heteroatoms. The van der Waals surface area contributed by atoms with E-state index in [0.717, 1.165) is 74.1 Å². The molecule has 0 unspecified atom stereocenters. The number of rotatable bonds is 10. The summed E-state index contributed by atoms with van der Waals surface area (Å²) in [6.45, 7) is 7.57. The minimum absolute atomic E-state index is 0. The summed E-state index contributed by atoms with van der Waals surface area (Å²) in [5.41, 5.74) is 22.0. The summed E-state index contributed by atoms with van der Waals surface area (Å²) in [4.78, 5) is 29.7. The van der Waals surface area contributed by atoms with Gasteiger partial charge in [-0.15, -0.1) is 186 Å². The van der Waals surface area contributed by atoms with Gasteiger partial charge in [0, 0.05) is 152 Å². The van der Waals surface area contributed by atoms with E-state index in [9.17, 15) is 8.78 Å². The van der Waals surface area contributed by atoms with E-state index in [0.29, 0.717) is 11.4 Å². The van der Waals surface area contributed by atoms with Crippen LogP contribution in [0.15, 0.2) is 390 Å². The third-order valence-corrected chi connectivity index (χ3v) is 17.0. The van der Waals surface area contributed by atoms with Gasteiger partial charge in [-0.1, -0.05) is 176 Å². The average Bonchev–Trinajstić information content (AvgIpc) is 1.60. The minimum Gasteiger partial charge on any atom is -0.506 e. The largest absolute Gasteiger partial charge is 0.506 e. The summed E-state index contributed by atoms with van der Waals surface area (Å²) in [7, 11) is 0. The molecule has 1 N–H and O–H groups in total. The van der Waals surface area contributed by atoms with Crippen LogP contribution in [0.25, 0.3) is 123 Å². The van der Waals surface area contributed by atoms with Crippen LogP contribution < -0.4 is 0 Å². The molecule has 0 spiro atoms. The van der Waals surface area contributed by atoms with Crippen LogP contribution in [0.5, 0.6) is 0 Å². The van der Waals surface area contributed by atoms with Gasteiger partial charge in [-0.3, -0.25) is 13.8 Å². The van der Waals surface area contributed by atoms with E-state index in [2.05, 4.69) is 212 Å². The Hall–Kier alpha value is -12.0. The molecule has 0 saturated heterocycles. The zero-order chi connectivity index (χ0) is 75.9. The Morgan fingerprint density at radius 1 is 0.333 bits per heavy atom. The predicted molar refractivity (Wildman–Crippen MR) is 442 cm³/mol. The van der Waals surface area contributed by atoms with Crippen LogP contribution in [0.4, 0.5) is 8.78 Å². The summed E-state index contributed by atoms with van der Waals surface area (Å²) in [6, 6.07) is 128. The molecule has 18 aromatic rings. The van der Waals surface area contributed by atoms with Crippen molar-refractivity contribution < 1.29 is 94.3 Å². The minimum atomic E-state index is -0.649. The fourth-order valence-electron chi connectivity index (χ4n) is 11.7. The molecule has 114 heavy (non-hydrogen) atoms. The van der Waals surface area contributed by atoms with Gasteiger partial charge < -0.3 is 39.6 Å². The van der Waals surface area contributed by atoms with Gasteiger partial charge in [0.2, 0.25) is 0 Å². The van der Waals surface area contributed by atoms with Gasteiger partial charge in [-0.2, -0.15) is 0 Å². The number of hydrogen-bond donors (Lipinski definition) is 1. The summed E-state index contributed by atoms with van der Waals surface area (Å²) >= 11 is 0. The molecule has 0 saturated carbocycles. The smallest absolute Gasteiger partial charge is 0.134 e.